The Balaban J connectivity index is 1.81. The molecule has 3 nitrogen and oxygen atoms in total. The van der Waals surface area contributed by atoms with E-state index in [1.165, 1.54) is 0 Å². The molecule has 0 spiro atoms. The van der Waals surface area contributed by atoms with Gasteiger partial charge in [0.1, 0.15) is 0 Å². The first-order valence-corrected chi connectivity index (χ1v) is 4.73. The van der Waals surface area contributed by atoms with Gasteiger partial charge in [0.15, 0.2) is 0 Å². The molecule has 70 valence electrons. The monoisotopic (exact) mass is 171 g/mol. The Morgan fingerprint density at radius 3 is 2.33 bits per heavy atom. The van der Waals surface area contributed by atoms with Crippen molar-refractivity contribution in [1.82, 2.24) is 0 Å². The lowest BCUT2D eigenvalue weighted by molar-refractivity contribution is -0.0559. The van der Waals surface area contributed by atoms with Crippen LogP contribution < -0.4 is 5.73 Å². The predicted molar refractivity (Wildman–Crippen MR) is 45.9 cm³/mol. The number of nitrogens with two attached hydrogens (primary N) is 1. The highest BCUT2D eigenvalue weighted by atomic mass is 16.5. The van der Waals surface area contributed by atoms with Crippen molar-refractivity contribution in [3.63, 3.8) is 0 Å². The lowest BCUT2D eigenvalue weighted by Crippen LogP contribution is -2.49. The summed E-state index contributed by atoms with van der Waals surface area (Å²) in [5, 5.41) is 0. The van der Waals surface area contributed by atoms with E-state index in [0.717, 1.165) is 45.7 Å². The van der Waals surface area contributed by atoms with Gasteiger partial charge in [-0.05, 0) is 19.3 Å². The summed E-state index contributed by atoms with van der Waals surface area (Å²) in [5.41, 5.74) is 6.28. The summed E-state index contributed by atoms with van der Waals surface area (Å²) >= 11 is 0. The maximum Gasteiger partial charge on any atom is 0.0517 e. The first-order valence-electron chi connectivity index (χ1n) is 4.73. The second-order valence-corrected chi connectivity index (χ2v) is 4.08. The SMILES string of the molecule is NC1(CC2COC2)CCOCC1. The molecule has 0 aromatic carbocycles. The molecule has 12 heavy (non-hydrogen) atoms. The van der Waals surface area contributed by atoms with Crippen molar-refractivity contribution >= 4 is 0 Å². The molecule has 2 aliphatic rings. The van der Waals surface area contributed by atoms with Gasteiger partial charge in [0.2, 0.25) is 0 Å². The van der Waals surface area contributed by atoms with E-state index in [9.17, 15) is 0 Å². The van der Waals surface area contributed by atoms with Crippen LogP contribution in [0.4, 0.5) is 0 Å². The van der Waals surface area contributed by atoms with E-state index in [4.69, 9.17) is 15.2 Å². The highest BCUT2D eigenvalue weighted by molar-refractivity contribution is 4.89. The van der Waals surface area contributed by atoms with Crippen molar-refractivity contribution < 1.29 is 9.47 Å². The van der Waals surface area contributed by atoms with Crippen molar-refractivity contribution in [2.75, 3.05) is 26.4 Å². The maximum atomic E-state index is 6.23. The van der Waals surface area contributed by atoms with E-state index in [2.05, 4.69) is 0 Å². The van der Waals surface area contributed by atoms with E-state index < -0.39 is 0 Å². The predicted octanol–water partition coefficient (Wildman–Crippen LogP) is 0.531. The normalized spacial score (nSPS) is 29.8. The number of rotatable bonds is 2. The summed E-state index contributed by atoms with van der Waals surface area (Å²) in [6.45, 7) is 3.51. The van der Waals surface area contributed by atoms with Crippen LogP contribution in [0.3, 0.4) is 0 Å². The Morgan fingerprint density at radius 2 is 1.83 bits per heavy atom. The van der Waals surface area contributed by atoms with Crippen LogP contribution in [0.5, 0.6) is 0 Å². The molecule has 0 unspecified atom stereocenters. The third kappa shape index (κ3) is 1.79. The molecule has 2 N–H and O–H groups in total. The van der Waals surface area contributed by atoms with Gasteiger partial charge in [0.25, 0.3) is 0 Å². The van der Waals surface area contributed by atoms with E-state index in [1.807, 2.05) is 0 Å². The molecule has 0 aliphatic carbocycles. The van der Waals surface area contributed by atoms with Gasteiger partial charge >= 0.3 is 0 Å². The number of ether oxygens (including phenoxy) is 2. The summed E-state index contributed by atoms with van der Waals surface area (Å²) < 4.78 is 10.4. The topological polar surface area (TPSA) is 44.5 Å². The lowest BCUT2D eigenvalue weighted by Gasteiger charge is -2.39. The van der Waals surface area contributed by atoms with Gasteiger partial charge in [-0.2, -0.15) is 0 Å². The minimum absolute atomic E-state index is 0.0483. The second kappa shape index (κ2) is 3.32. The highest BCUT2D eigenvalue weighted by Gasteiger charge is 2.33. The molecule has 3 heteroatoms. The first-order chi connectivity index (χ1) is 5.79. The Morgan fingerprint density at radius 1 is 1.17 bits per heavy atom. The molecule has 0 aromatic heterocycles. The van der Waals surface area contributed by atoms with Crippen LogP contribution in [0.15, 0.2) is 0 Å². The minimum atomic E-state index is 0.0483. The summed E-state index contributed by atoms with van der Waals surface area (Å²) in [6, 6.07) is 0. The highest BCUT2D eigenvalue weighted by Crippen LogP contribution is 2.28. The maximum absolute atomic E-state index is 6.23. The molecule has 2 fully saturated rings. The molecule has 0 bridgehead atoms. The van der Waals surface area contributed by atoms with Gasteiger partial charge < -0.3 is 15.2 Å². The van der Waals surface area contributed by atoms with Crippen LogP contribution in [-0.2, 0) is 9.47 Å². The van der Waals surface area contributed by atoms with E-state index >= 15 is 0 Å². The van der Waals surface area contributed by atoms with Crippen LogP contribution in [0.1, 0.15) is 19.3 Å². The fourth-order valence-corrected chi connectivity index (χ4v) is 1.96. The molecule has 2 aliphatic heterocycles. The van der Waals surface area contributed by atoms with Crippen LogP contribution in [0, 0.1) is 5.92 Å². The molecule has 0 saturated carbocycles. The van der Waals surface area contributed by atoms with Crippen molar-refractivity contribution in [1.29, 1.82) is 0 Å². The fraction of sp³-hybridized carbons (Fsp3) is 1.00. The molecule has 0 radical (unpaired) electrons. The lowest BCUT2D eigenvalue weighted by atomic mass is 9.81. The molecular formula is C9H17NO2. The van der Waals surface area contributed by atoms with E-state index in [0.29, 0.717) is 5.92 Å². The molecule has 0 amide bonds. The van der Waals surface area contributed by atoms with Crippen LogP contribution in [0.25, 0.3) is 0 Å². The summed E-state index contributed by atoms with van der Waals surface area (Å²) in [5.74, 6) is 0.716. The molecule has 2 heterocycles. The third-order valence-electron chi connectivity index (χ3n) is 2.89. The van der Waals surface area contributed by atoms with Crippen molar-refractivity contribution in [2.45, 2.75) is 24.8 Å². The summed E-state index contributed by atoms with van der Waals surface area (Å²) in [4.78, 5) is 0. The average Bonchev–Trinajstić information content (AvgIpc) is 1.99. The Labute approximate surface area is 73.2 Å². The van der Waals surface area contributed by atoms with Crippen molar-refractivity contribution in [3.05, 3.63) is 0 Å². The van der Waals surface area contributed by atoms with Gasteiger partial charge in [-0.1, -0.05) is 0 Å². The Hall–Kier alpha value is -0.120. The molecule has 0 atom stereocenters. The fourth-order valence-electron chi connectivity index (χ4n) is 1.96. The minimum Gasteiger partial charge on any atom is -0.381 e. The Kier molecular flexibility index (Phi) is 2.35. The molecule has 2 rings (SSSR count). The molecule has 0 aromatic rings. The van der Waals surface area contributed by atoms with E-state index in [1.54, 1.807) is 0 Å². The van der Waals surface area contributed by atoms with Crippen LogP contribution >= 0.6 is 0 Å². The van der Waals surface area contributed by atoms with Crippen LogP contribution in [0.2, 0.25) is 0 Å². The number of hydrogen-bond donors (Lipinski definition) is 1. The van der Waals surface area contributed by atoms with Gasteiger partial charge in [-0.15, -0.1) is 0 Å². The quantitative estimate of drug-likeness (QED) is 0.659. The second-order valence-electron chi connectivity index (χ2n) is 4.08. The smallest absolute Gasteiger partial charge is 0.0517 e. The summed E-state index contributed by atoms with van der Waals surface area (Å²) in [6.07, 6.45) is 3.16. The zero-order valence-electron chi connectivity index (χ0n) is 7.42. The van der Waals surface area contributed by atoms with Gasteiger partial charge in [-0.3, -0.25) is 0 Å². The van der Waals surface area contributed by atoms with E-state index in [-0.39, 0.29) is 5.54 Å². The Bertz CT molecular complexity index is 151. The van der Waals surface area contributed by atoms with Gasteiger partial charge in [0, 0.05) is 24.7 Å². The number of hydrogen-bond acceptors (Lipinski definition) is 3. The van der Waals surface area contributed by atoms with Gasteiger partial charge in [0.05, 0.1) is 13.2 Å². The first kappa shape index (κ1) is 8.48. The zero-order valence-corrected chi connectivity index (χ0v) is 7.42. The zero-order chi connectivity index (χ0) is 8.44. The molecular weight excluding hydrogens is 154 g/mol. The largest absolute Gasteiger partial charge is 0.381 e. The van der Waals surface area contributed by atoms with Crippen molar-refractivity contribution in [3.8, 4) is 0 Å². The van der Waals surface area contributed by atoms with Crippen LogP contribution in [-0.4, -0.2) is 32.0 Å². The average molecular weight is 171 g/mol. The van der Waals surface area contributed by atoms with Gasteiger partial charge in [-0.25, -0.2) is 0 Å². The molecule has 2 saturated heterocycles. The summed E-state index contributed by atoms with van der Waals surface area (Å²) in [7, 11) is 0. The van der Waals surface area contributed by atoms with Crippen molar-refractivity contribution in [2.24, 2.45) is 11.7 Å². The third-order valence-corrected chi connectivity index (χ3v) is 2.89. The standard InChI is InChI=1S/C9H17NO2/c10-9(1-3-11-4-2-9)5-8-6-12-7-8/h8H,1-7,10H2.